The highest BCUT2D eigenvalue weighted by Gasteiger charge is 2.18. The van der Waals surface area contributed by atoms with Gasteiger partial charge in [0.2, 0.25) is 0 Å². The van der Waals surface area contributed by atoms with Crippen LogP contribution in [0.2, 0.25) is 0 Å². The summed E-state index contributed by atoms with van der Waals surface area (Å²) in [6.07, 6.45) is 4.82. The second kappa shape index (κ2) is 5.87. The highest BCUT2D eigenvalue weighted by molar-refractivity contribution is 8.56. The van der Waals surface area contributed by atoms with Crippen molar-refractivity contribution in [2.75, 3.05) is 19.0 Å². The number of hydrogen-bond acceptors (Lipinski definition) is 3. The Labute approximate surface area is 72.6 Å². The Morgan fingerprint density at radius 1 is 1.73 bits per heavy atom. The summed E-state index contributed by atoms with van der Waals surface area (Å²) in [7, 11) is 0. The van der Waals surface area contributed by atoms with Crippen LogP contribution in [0.3, 0.4) is 0 Å². The normalized spacial score (nSPS) is 15.8. The Balaban J connectivity index is 3.88. The quantitative estimate of drug-likeness (QED) is 0.480. The summed E-state index contributed by atoms with van der Waals surface area (Å²) in [6, 6.07) is 0. The van der Waals surface area contributed by atoms with E-state index < -0.39 is 6.57 Å². The summed E-state index contributed by atoms with van der Waals surface area (Å²) >= 11 is 1.30. The Hall–Kier alpha value is 0.280. The molecule has 4 heteroatoms. The van der Waals surface area contributed by atoms with E-state index in [0.29, 0.717) is 12.8 Å². The maximum Gasteiger partial charge on any atom is 0.261 e. The molecule has 0 amide bonds. The van der Waals surface area contributed by atoms with Gasteiger partial charge in [0, 0.05) is 0 Å². The van der Waals surface area contributed by atoms with Crippen LogP contribution in [-0.2, 0) is 9.09 Å². The van der Waals surface area contributed by atoms with Crippen molar-refractivity contribution in [3.05, 3.63) is 12.7 Å². The molecule has 66 valence electrons. The van der Waals surface area contributed by atoms with Gasteiger partial charge in [0.25, 0.3) is 6.57 Å². The first-order valence-electron chi connectivity index (χ1n) is 3.58. The molecule has 0 rings (SSSR count). The van der Waals surface area contributed by atoms with Gasteiger partial charge in [-0.15, -0.1) is 6.58 Å². The van der Waals surface area contributed by atoms with E-state index in [0.717, 1.165) is 6.42 Å². The molecular weight excluding hydrogens is 179 g/mol. The maximum atomic E-state index is 11.6. The minimum atomic E-state index is -2.42. The van der Waals surface area contributed by atoms with E-state index >= 15 is 0 Å². The average Bonchev–Trinajstić information content (AvgIpc) is 2.02. The molecule has 1 unspecified atom stereocenters. The minimum absolute atomic E-state index is 0.466. The van der Waals surface area contributed by atoms with E-state index in [1.165, 1.54) is 11.4 Å². The Morgan fingerprint density at radius 2 is 2.36 bits per heavy atom. The highest BCUT2D eigenvalue weighted by Crippen LogP contribution is 2.57. The van der Waals surface area contributed by atoms with Crippen molar-refractivity contribution < 1.29 is 9.09 Å². The van der Waals surface area contributed by atoms with Crippen LogP contribution in [0.1, 0.15) is 13.3 Å². The Kier molecular flexibility index (Phi) is 6.02. The molecule has 1 atom stereocenters. The van der Waals surface area contributed by atoms with Crippen molar-refractivity contribution in [1.82, 2.24) is 0 Å². The summed E-state index contributed by atoms with van der Waals surface area (Å²) in [5, 5.41) is 0. The molecule has 11 heavy (non-hydrogen) atoms. The molecule has 0 saturated carbocycles. The van der Waals surface area contributed by atoms with Crippen molar-refractivity contribution >= 4 is 18.0 Å². The lowest BCUT2D eigenvalue weighted by Gasteiger charge is -2.12. The fraction of sp³-hybridized carbons (Fsp3) is 0.714. The molecule has 0 saturated heterocycles. The van der Waals surface area contributed by atoms with E-state index in [9.17, 15) is 4.57 Å². The highest BCUT2D eigenvalue weighted by atomic mass is 32.7. The first kappa shape index (κ1) is 11.3. The number of rotatable bonds is 6. The third-order valence-corrected chi connectivity index (χ3v) is 5.39. The van der Waals surface area contributed by atoms with E-state index in [-0.39, 0.29) is 0 Å². The van der Waals surface area contributed by atoms with E-state index in [1.807, 2.05) is 6.92 Å². The van der Waals surface area contributed by atoms with Crippen LogP contribution in [0, 0.1) is 0 Å². The van der Waals surface area contributed by atoms with Gasteiger partial charge in [0.15, 0.2) is 0 Å². The molecule has 0 spiro atoms. The smallest absolute Gasteiger partial charge is 0.261 e. The number of allylic oxidation sites excluding steroid dienone is 1. The van der Waals surface area contributed by atoms with Crippen LogP contribution in [0.5, 0.6) is 0 Å². The van der Waals surface area contributed by atoms with Gasteiger partial charge in [-0.25, -0.2) is 0 Å². The van der Waals surface area contributed by atoms with Gasteiger partial charge in [-0.1, -0.05) is 24.4 Å². The molecule has 0 aliphatic carbocycles. The molecule has 0 aromatic rings. The molecule has 2 nitrogen and oxygen atoms in total. The van der Waals surface area contributed by atoms with Gasteiger partial charge < -0.3 is 4.52 Å². The maximum absolute atomic E-state index is 11.6. The van der Waals surface area contributed by atoms with Gasteiger partial charge in [-0.2, -0.15) is 0 Å². The molecule has 0 bridgehead atoms. The molecular formula is C7H15O2PS. The second-order valence-corrected chi connectivity index (χ2v) is 7.07. The van der Waals surface area contributed by atoms with Gasteiger partial charge in [0.05, 0.1) is 12.8 Å². The zero-order valence-corrected chi connectivity index (χ0v) is 8.79. The number of hydrogen-bond donors (Lipinski definition) is 0. The topological polar surface area (TPSA) is 26.3 Å². The molecule has 0 aliphatic rings. The lowest BCUT2D eigenvalue weighted by Crippen LogP contribution is -1.91. The molecule has 0 aliphatic heterocycles. The third-order valence-electron chi connectivity index (χ3n) is 1.12. The first-order valence-corrected chi connectivity index (χ1v) is 7.22. The summed E-state index contributed by atoms with van der Waals surface area (Å²) < 4.78 is 16.8. The summed E-state index contributed by atoms with van der Waals surface area (Å²) in [5.41, 5.74) is 0. The molecule has 0 fully saturated rings. The lowest BCUT2D eigenvalue weighted by molar-refractivity contribution is 0.326. The van der Waals surface area contributed by atoms with Crippen molar-refractivity contribution in [3.8, 4) is 0 Å². The van der Waals surface area contributed by atoms with Gasteiger partial charge in [-0.05, 0) is 12.7 Å². The van der Waals surface area contributed by atoms with Crippen molar-refractivity contribution in [2.45, 2.75) is 13.3 Å². The standard InChI is InChI=1S/C7H15O2PS/c1-4-6-9-10(8,11-3)7-5-2/h5H,2,4,6-7H2,1,3H3. The first-order chi connectivity index (χ1) is 5.18. The van der Waals surface area contributed by atoms with Gasteiger partial charge in [0.1, 0.15) is 0 Å². The largest absolute Gasteiger partial charge is 0.321 e. The molecule has 0 N–H and O–H groups in total. The fourth-order valence-electron chi connectivity index (χ4n) is 0.568. The monoisotopic (exact) mass is 194 g/mol. The van der Waals surface area contributed by atoms with Crippen molar-refractivity contribution in [1.29, 1.82) is 0 Å². The molecule has 0 aromatic carbocycles. The van der Waals surface area contributed by atoms with Crippen molar-refractivity contribution in [2.24, 2.45) is 0 Å². The zero-order valence-electron chi connectivity index (χ0n) is 7.08. The summed E-state index contributed by atoms with van der Waals surface area (Å²) in [5.74, 6) is 0. The SMILES string of the molecule is C=CCP(=O)(OCCC)SC. The molecule has 0 radical (unpaired) electrons. The van der Waals surface area contributed by atoms with Crippen LogP contribution in [-0.4, -0.2) is 19.0 Å². The Morgan fingerprint density at radius 3 is 2.73 bits per heavy atom. The average molecular weight is 194 g/mol. The van der Waals surface area contributed by atoms with E-state index in [2.05, 4.69) is 6.58 Å². The zero-order chi connectivity index (χ0) is 8.74. The fourth-order valence-corrected chi connectivity index (χ4v) is 3.01. The minimum Gasteiger partial charge on any atom is -0.321 e. The molecule has 0 aromatic heterocycles. The van der Waals surface area contributed by atoms with Crippen LogP contribution in [0.4, 0.5) is 0 Å². The van der Waals surface area contributed by atoms with E-state index in [4.69, 9.17) is 4.52 Å². The van der Waals surface area contributed by atoms with Crippen LogP contribution >= 0.6 is 18.0 Å². The molecule has 0 heterocycles. The van der Waals surface area contributed by atoms with Gasteiger partial charge in [-0.3, -0.25) is 4.57 Å². The van der Waals surface area contributed by atoms with Crippen molar-refractivity contribution in [3.63, 3.8) is 0 Å². The van der Waals surface area contributed by atoms with Crippen LogP contribution < -0.4 is 0 Å². The second-order valence-electron chi connectivity index (χ2n) is 2.10. The predicted molar refractivity (Wildman–Crippen MR) is 52.4 cm³/mol. The lowest BCUT2D eigenvalue weighted by atomic mass is 10.5. The summed E-state index contributed by atoms with van der Waals surface area (Å²) in [4.78, 5) is 0. The Bertz CT molecular complexity index is 159. The predicted octanol–water partition coefficient (Wildman–Crippen LogP) is 3.16. The van der Waals surface area contributed by atoms with Gasteiger partial charge >= 0.3 is 0 Å². The summed E-state index contributed by atoms with van der Waals surface area (Å²) in [6.45, 7) is 3.69. The van der Waals surface area contributed by atoms with Crippen LogP contribution in [0.15, 0.2) is 12.7 Å². The third kappa shape index (κ3) is 4.67. The van der Waals surface area contributed by atoms with Crippen LogP contribution in [0.25, 0.3) is 0 Å². The van der Waals surface area contributed by atoms with E-state index in [1.54, 1.807) is 12.3 Å².